The molecule has 0 atom stereocenters. The molecule has 34 heavy (non-hydrogen) atoms. The van der Waals surface area contributed by atoms with E-state index in [0.29, 0.717) is 30.8 Å². The number of aryl methyl sites for hydroxylation is 1. The number of carbonyl (C=O) groups is 1. The molecule has 0 spiro atoms. The Labute approximate surface area is 201 Å². The van der Waals surface area contributed by atoms with Gasteiger partial charge in [0.1, 0.15) is 0 Å². The maximum atomic E-state index is 13.3. The number of benzene rings is 2. The Morgan fingerprint density at radius 1 is 1.12 bits per heavy atom. The normalized spacial score (nSPS) is 18.1. The van der Waals surface area contributed by atoms with Gasteiger partial charge in [0.05, 0.1) is 4.90 Å². The van der Waals surface area contributed by atoms with Crippen LogP contribution in [0.5, 0.6) is 0 Å². The Balaban J connectivity index is 1.36. The van der Waals surface area contributed by atoms with Crippen molar-refractivity contribution in [2.75, 3.05) is 19.6 Å². The molecular weight excluding hydrogens is 446 g/mol. The van der Waals surface area contributed by atoms with Gasteiger partial charge in [0.2, 0.25) is 10.0 Å². The maximum Gasteiger partial charge on any atom is 0.240 e. The summed E-state index contributed by atoms with van der Waals surface area (Å²) in [5.74, 6) is 0.136. The summed E-state index contributed by atoms with van der Waals surface area (Å²) in [5.41, 5.74) is 5.74. The predicted octanol–water partition coefficient (Wildman–Crippen LogP) is 4.22. The van der Waals surface area contributed by atoms with Crippen LogP contribution < -0.4 is 4.72 Å². The number of ketones is 1. The smallest absolute Gasteiger partial charge is 0.240 e. The molecule has 5 rings (SSSR count). The second kappa shape index (κ2) is 8.63. The average Bonchev–Trinajstić information content (AvgIpc) is 3.14. The number of sulfonamides is 1. The second-order valence-corrected chi connectivity index (χ2v) is 12.2. The highest BCUT2D eigenvalue weighted by Gasteiger charge is 2.34. The van der Waals surface area contributed by atoms with Gasteiger partial charge in [-0.25, -0.2) is 13.1 Å². The van der Waals surface area contributed by atoms with Crippen LogP contribution in [0.1, 0.15) is 59.9 Å². The quantitative estimate of drug-likeness (QED) is 0.555. The Morgan fingerprint density at radius 2 is 1.88 bits per heavy atom. The predicted molar refractivity (Wildman–Crippen MR) is 135 cm³/mol. The van der Waals surface area contributed by atoms with E-state index in [1.165, 1.54) is 11.1 Å². The van der Waals surface area contributed by atoms with E-state index in [-0.39, 0.29) is 11.2 Å². The van der Waals surface area contributed by atoms with Crippen LogP contribution in [0.25, 0.3) is 10.9 Å². The summed E-state index contributed by atoms with van der Waals surface area (Å²) in [6, 6.07) is 12.1. The standard InChI is InChI=1S/C27H33N3O3S/c1-4-18-13-21-22(29-23-15-27(2,3)16-24(31)26(21)23)14-25(18)34(32,33)28-10-12-30-11-9-19-7-5-6-8-20(19)17-30/h5-8,13-14,28-29H,4,9-12,15-17H2,1-3H3. The lowest BCUT2D eigenvalue weighted by molar-refractivity contribution is 0.0913. The molecule has 0 radical (unpaired) electrons. The number of H-pyrrole nitrogens is 1. The summed E-state index contributed by atoms with van der Waals surface area (Å²) in [7, 11) is -3.68. The number of Topliss-reactive ketones (excluding diaryl/α,β-unsaturated/α-hetero) is 1. The fourth-order valence-electron chi connectivity index (χ4n) is 5.53. The molecule has 2 heterocycles. The summed E-state index contributed by atoms with van der Waals surface area (Å²) in [6.07, 6.45) is 2.86. The van der Waals surface area contributed by atoms with Gasteiger partial charge in [-0.05, 0) is 53.5 Å². The van der Waals surface area contributed by atoms with Gasteiger partial charge >= 0.3 is 0 Å². The van der Waals surface area contributed by atoms with Crippen molar-refractivity contribution in [3.8, 4) is 0 Å². The highest BCUT2D eigenvalue weighted by atomic mass is 32.2. The monoisotopic (exact) mass is 479 g/mol. The third kappa shape index (κ3) is 4.32. The van der Waals surface area contributed by atoms with E-state index in [9.17, 15) is 13.2 Å². The van der Waals surface area contributed by atoms with E-state index >= 15 is 0 Å². The molecule has 0 fully saturated rings. The molecule has 1 aromatic heterocycles. The molecular formula is C27H33N3O3S. The van der Waals surface area contributed by atoms with Crippen molar-refractivity contribution in [1.29, 1.82) is 0 Å². The first kappa shape index (κ1) is 23.3. The molecule has 3 aromatic rings. The van der Waals surface area contributed by atoms with Crippen LogP contribution in [-0.4, -0.2) is 43.7 Å². The summed E-state index contributed by atoms with van der Waals surface area (Å²) < 4.78 is 29.4. The lowest BCUT2D eigenvalue weighted by Crippen LogP contribution is -2.38. The zero-order valence-electron chi connectivity index (χ0n) is 20.2. The van der Waals surface area contributed by atoms with Crippen LogP contribution in [0.15, 0.2) is 41.3 Å². The van der Waals surface area contributed by atoms with Gasteiger partial charge in [-0.3, -0.25) is 9.69 Å². The summed E-state index contributed by atoms with van der Waals surface area (Å²) in [6.45, 7) is 8.95. The lowest BCUT2D eigenvalue weighted by Gasteiger charge is -2.28. The molecule has 2 aromatic carbocycles. The van der Waals surface area contributed by atoms with Crippen LogP contribution in [0, 0.1) is 5.41 Å². The molecule has 2 N–H and O–H groups in total. The van der Waals surface area contributed by atoms with E-state index in [4.69, 9.17) is 0 Å². The van der Waals surface area contributed by atoms with Crippen LogP contribution in [0.2, 0.25) is 0 Å². The Bertz CT molecular complexity index is 1370. The largest absolute Gasteiger partial charge is 0.358 e. The Hall–Kier alpha value is -2.48. The molecule has 0 amide bonds. The molecule has 1 aliphatic heterocycles. The van der Waals surface area contributed by atoms with Gasteiger partial charge in [-0.15, -0.1) is 0 Å². The third-order valence-electron chi connectivity index (χ3n) is 7.23. The van der Waals surface area contributed by atoms with Crippen molar-refractivity contribution in [2.45, 2.75) is 57.9 Å². The zero-order chi connectivity index (χ0) is 24.1. The van der Waals surface area contributed by atoms with Crippen molar-refractivity contribution in [2.24, 2.45) is 5.41 Å². The van der Waals surface area contributed by atoms with E-state index in [2.05, 4.69) is 52.7 Å². The van der Waals surface area contributed by atoms with Gasteiger partial charge in [-0.2, -0.15) is 0 Å². The minimum absolute atomic E-state index is 0.0933. The molecule has 180 valence electrons. The van der Waals surface area contributed by atoms with Gasteiger partial charge in [-0.1, -0.05) is 45.0 Å². The topological polar surface area (TPSA) is 82.3 Å². The first-order valence-electron chi connectivity index (χ1n) is 12.2. The molecule has 2 aliphatic rings. The molecule has 0 unspecified atom stereocenters. The molecule has 1 aliphatic carbocycles. The number of hydrogen-bond acceptors (Lipinski definition) is 4. The first-order chi connectivity index (χ1) is 16.2. The Kier molecular flexibility index (Phi) is 5.91. The highest BCUT2D eigenvalue weighted by Crippen LogP contribution is 2.39. The highest BCUT2D eigenvalue weighted by molar-refractivity contribution is 7.89. The Morgan fingerprint density at radius 3 is 2.65 bits per heavy atom. The van der Waals surface area contributed by atoms with E-state index < -0.39 is 10.0 Å². The van der Waals surface area contributed by atoms with E-state index in [1.807, 2.05) is 13.0 Å². The van der Waals surface area contributed by atoms with Crippen LogP contribution in [-0.2, 0) is 35.8 Å². The van der Waals surface area contributed by atoms with Crippen molar-refractivity contribution >= 4 is 26.7 Å². The van der Waals surface area contributed by atoms with Gasteiger partial charge < -0.3 is 4.98 Å². The number of hydrogen-bond donors (Lipinski definition) is 2. The minimum atomic E-state index is -3.68. The molecule has 7 heteroatoms. The molecule has 0 saturated heterocycles. The summed E-state index contributed by atoms with van der Waals surface area (Å²) >= 11 is 0. The fraction of sp³-hybridized carbons (Fsp3) is 0.444. The molecule has 0 saturated carbocycles. The number of carbonyl (C=O) groups excluding carboxylic acids is 1. The maximum absolute atomic E-state index is 13.3. The SMILES string of the molecule is CCc1cc2c3c([nH]c2cc1S(=O)(=O)NCCN1CCc2ccccc2C1)CC(C)(C)CC3=O. The zero-order valence-corrected chi connectivity index (χ0v) is 21.0. The molecule has 0 bridgehead atoms. The summed E-state index contributed by atoms with van der Waals surface area (Å²) in [5, 5.41) is 0.846. The van der Waals surface area contributed by atoms with Crippen molar-refractivity contribution in [1.82, 2.24) is 14.6 Å². The van der Waals surface area contributed by atoms with Crippen LogP contribution >= 0.6 is 0 Å². The number of rotatable bonds is 6. The molecule has 6 nitrogen and oxygen atoms in total. The fourth-order valence-corrected chi connectivity index (χ4v) is 6.86. The van der Waals surface area contributed by atoms with Crippen LogP contribution in [0.3, 0.4) is 0 Å². The van der Waals surface area contributed by atoms with Gasteiger partial charge in [0, 0.05) is 54.8 Å². The average molecular weight is 480 g/mol. The van der Waals surface area contributed by atoms with Gasteiger partial charge in [0.25, 0.3) is 0 Å². The first-order valence-corrected chi connectivity index (χ1v) is 13.6. The summed E-state index contributed by atoms with van der Waals surface area (Å²) in [4.78, 5) is 18.8. The van der Waals surface area contributed by atoms with Gasteiger partial charge in [0.15, 0.2) is 5.78 Å². The number of aromatic nitrogens is 1. The van der Waals surface area contributed by atoms with Crippen LogP contribution in [0.4, 0.5) is 0 Å². The van der Waals surface area contributed by atoms with E-state index in [1.54, 1.807) is 6.07 Å². The number of nitrogens with zero attached hydrogens (tertiary/aromatic N) is 1. The third-order valence-corrected chi connectivity index (χ3v) is 8.77. The number of aromatic amines is 1. The van der Waals surface area contributed by atoms with Crippen molar-refractivity contribution in [3.63, 3.8) is 0 Å². The minimum Gasteiger partial charge on any atom is -0.358 e. The van der Waals surface area contributed by atoms with E-state index in [0.717, 1.165) is 53.7 Å². The number of fused-ring (bicyclic) bond motifs is 4. The van der Waals surface area contributed by atoms with Crippen molar-refractivity contribution < 1.29 is 13.2 Å². The second-order valence-electron chi connectivity index (χ2n) is 10.5. The number of nitrogens with one attached hydrogen (secondary N) is 2. The van der Waals surface area contributed by atoms with Crippen molar-refractivity contribution in [3.05, 3.63) is 64.3 Å². The lowest BCUT2D eigenvalue weighted by atomic mass is 9.76.